The lowest BCUT2D eigenvalue weighted by Gasteiger charge is -1.95. The highest BCUT2D eigenvalue weighted by atomic mass is 32.2. The molecule has 9 heteroatoms. The van der Waals surface area contributed by atoms with Gasteiger partial charge in [-0.15, -0.1) is 11.3 Å². The molecule has 0 bridgehead atoms. The average Bonchev–Trinajstić information content (AvgIpc) is 2.78. The number of aromatic nitrogens is 2. The van der Waals surface area contributed by atoms with Crippen molar-refractivity contribution in [3.8, 4) is 0 Å². The molecular formula is C9H5N3O4S2. The van der Waals surface area contributed by atoms with Crippen LogP contribution < -0.4 is 0 Å². The van der Waals surface area contributed by atoms with Crippen molar-refractivity contribution in [2.75, 3.05) is 0 Å². The first-order valence-electron chi connectivity index (χ1n) is 4.52. The molecule has 18 heavy (non-hydrogen) atoms. The summed E-state index contributed by atoms with van der Waals surface area (Å²) < 4.78 is 0. The van der Waals surface area contributed by atoms with Gasteiger partial charge < -0.3 is 5.11 Å². The van der Waals surface area contributed by atoms with Crippen molar-refractivity contribution < 1.29 is 14.8 Å². The summed E-state index contributed by atoms with van der Waals surface area (Å²) in [5, 5.41) is 21.2. The molecule has 0 unspecified atom stereocenters. The van der Waals surface area contributed by atoms with E-state index in [1.54, 1.807) is 5.38 Å². The van der Waals surface area contributed by atoms with Crippen LogP contribution in [0.2, 0.25) is 0 Å². The van der Waals surface area contributed by atoms with Gasteiger partial charge >= 0.3 is 11.7 Å². The smallest absolute Gasteiger partial charge is 0.345 e. The number of aromatic carboxylic acids is 1. The van der Waals surface area contributed by atoms with E-state index in [0.29, 0.717) is 10.1 Å². The van der Waals surface area contributed by atoms with Crippen LogP contribution in [-0.4, -0.2) is 26.0 Å². The van der Waals surface area contributed by atoms with E-state index in [4.69, 9.17) is 5.11 Å². The van der Waals surface area contributed by atoms with Gasteiger partial charge in [-0.25, -0.2) is 14.8 Å². The minimum Gasteiger partial charge on any atom is -0.477 e. The van der Waals surface area contributed by atoms with Gasteiger partial charge in [0.1, 0.15) is 17.3 Å². The number of nitrogens with zero attached hydrogens (tertiary/aromatic N) is 3. The van der Waals surface area contributed by atoms with E-state index in [-0.39, 0.29) is 10.6 Å². The van der Waals surface area contributed by atoms with Crippen LogP contribution in [0.5, 0.6) is 0 Å². The molecule has 0 aromatic carbocycles. The second-order valence-corrected chi connectivity index (χ2v) is 4.99. The fraction of sp³-hybridized carbons (Fsp3) is 0. The highest BCUT2D eigenvalue weighted by Gasteiger charge is 2.11. The second kappa shape index (κ2) is 5.10. The van der Waals surface area contributed by atoms with Crippen molar-refractivity contribution in [2.45, 2.75) is 10.1 Å². The number of rotatable bonds is 4. The van der Waals surface area contributed by atoms with Crippen LogP contribution in [0.15, 0.2) is 33.9 Å². The SMILES string of the molecule is O=C(O)c1cc(Sc2ncc([N+](=O)[O-])cn2)cs1. The zero-order valence-corrected chi connectivity index (χ0v) is 10.3. The third-order valence-electron chi connectivity index (χ3n) is 1.82. The Morgan fingerprint density at radius 3 is 2.61 bits per heavy atom. The first-order chi connectivity index (χ1) is 8.56. The standard InChI is InChI=1S/C9H5N3O4S2/c13-8(14)7-1-6(4-17-7)18-9-10-2-5(3-11-9)12(15)16/h1-4H,(H,13,14). The number of thiophene rings is 1. The average molecular weight is 283 g/mol. The van der Waals surface area contributed by atoms with E-state index in [1.165, 1.54) is 6.07 Å². The summed E-state index contributed by atoms with van der Waals surface area (Å²) in [4.78, 5) is 29.0. The molecule has 1 N–H and O–H groups in total. The maximum atomic E-state index is 10.7. The van der Waals surface area contributed by atoms with E-state index in [2.05, 4.69) is 9.97 Å². The number of nitro groups is 1. The highest BCUT2D eigenvalue weighted by Crippen LogP contribution is 2.29. The van der Waals surface area contributed by atoms with E-state index < -0.39 is 10.9 Å². The van der Waals surface area contributed by atoms with E-state index >= 15 is 0 Å². The predicted octanol–water partition coefficient (Wildman–Crippen LogP) is 2.30. The van der Waals surface area contributed by atoms with Crippen LogP contribution in [0.1, 0.15) is 9.67 Å². The molecule has 2 rings (SSSR count). The Labute approximate surface area is 109 Å². The van der Waals surface area contributed by atoms with Gasteiger partial charge in [-0.1, -0.05) is 0 Å². The summed E-state index contributed by atoms with van der Waals surface area (Å²) in [5.41, 5.74) is -0.184. The lowest BCUT2D eigenvalue weighted by atomic mass is 10.5. The molecule has 7 nitrogen and oxygen atoms in total. The van der Waals surface area contributed by atoms with Crippen LogP contribution in [0.4, 0.5) is 5.69 Å². The normalized spacial score (nSPS) is 10.2. The fourth-order valence-corrected chi connectivity index (χ4v) is 2.66. The molecule has 0 aliphatic heterocycles. The number of carboxylic acid groups (broad SMARTS) is 1. The van der Waals surface area contributed by atoms with Gasteiger partial charge in [-0.3, -0.25) is 10.1 Å². The molecule has 2 aromatic rings. The Morgan fingerprint density at radius 1 is 1.44 bits per heavy atom. The van der Waals surface area contributed by atoms with Crippen molar-refractivity contribution >= 4 is 34.8 Å². The predicted molar refractivity (Wildman–Crippen MR) is 64.1 cm³/mol. The molecule has 0 aliphatic carbocycles. The molecule has 0 aliphatic rings. The monoisotopic (exact) mass is 283 g/mol. The lowest BCUT2D eigenvalue weighted by Crippen LogP contribution is -1.92. The molecule has 92 valence electrons. The minimum absolute atomic E-state index is 0.184. The van der Waals surface area contributed by atoms with Gasteiger partial charge in [-0.05, 0) is 17.8 Å². The Kier molecular flexibility index (Phi) is 3.53. The minimum atomic E-state index is -0.989. The van der Waals surface area contributed by atoms with Gasteiger partial charge in [0.2, 0.25) is 0 Å². The Bertz CT molecular complexity index is 596. The Balaban J connectivity index is 2.13. The fourth-order valence-electron chi connectivity index (χ4n) is 1.05. The number of carboxylic acids is 1. The molecule has 0 fully saturated rings. The maximum Gasteiger partial charge on any atom is 0.345 e. The number of hydrogen-bond acceptors (Lipinski definition) is 7. The first-order valence-corrected chi connectivity index (χ1v) is 6.22. The lowest BCUT2D eigenvalue weighted by molar-refractivity contribution is -0.385. The van der Waals surface area contributed by atoms with Gasteiger partial charge in [0, 0.05) is 10.3 Å². The van der Waals surface area contributed by atoms with Crippen LogP contribution >= 0.6 is 23.1 Å². The molecule has 0 spiro atoms. The van der Waals surface area contributed by atoms with Gasteiger partial charge in [0.05, 0.1) is 4.92 Å². The van der Waals surface area contributed by atoms with E-state index in [0.717, 1.165) is 35.5 Å². The summed E-state index contributed by atoms with van der Waals surface area (Å²) >= 11 is 2.25. The molecule has 2 aromatic heterocycles. The molecule has 0 saturated carbocycles. The maximum absolute atomic E-state index is 10.7. The van der Waals surface area contributed by atoms with E-state index in [9.17, 15) is 14.9 Å². The van der Waals surface area contributed by atoms with Crippen molar-refractivity contribution in [3.05, 3.63) is 38.8 Å². The van der Waals surface area contributed by atoms with Gasteiger partial charge in [-0.2, -0.15) is 0 Å². The summed E-state index contributed by atoms with van der Waals surface area (Å²) in [7, 11) is 0. The third kappa shape index (κ3) is 2.81. The topological polar surface area (TPSA) is 106 Å². The molecule has 0 radical (unpaired) electrons. The van der Waals surface area contributed by atoms with Crippen molar-refractivity contribution in [1.29, 1.82) is 0 Å². The zero-order chi connectivity index (χ0) is 13.1. The van der Waals surface area contributed by atoms with Crippen LogP contribution in [-0.2, 0) is 0 Å². The van der Waals surface area contributed by atoms with Crippen LogP contribution in [0.3, 0.4) is 0 Å². The molecule has 0 saturated heterocycles. The Hall–Kier alpha value is -2.00. The number of carbonyl (C=O) groups is 1. The van der Waals surface area contributed by atoms with Crippen molar-refractivity contribution in [3.63, 3.8) is 0 Å². The molecule has 2 heterocycles. The zero-order valence-electron chi connectivity index (χ0n) is 8.64. The molecule has 0 atom stereocenters. The molecule has 0 amide bonds. The third-order valence-corrected chi connectivity index (χ3v) is 3.75. The van der Waals surface area contributed by atoms with Gasteiger partial charge in [0.15, 0.2) is 5.16 Å². The number of hydrogen-bond donors (Lipinski definition) is 1. The van der Waals surface area contributed by atoms with Gasteiger partial charge in [0.25, 0.3) is 0 Å². The van der Waals surface area contributed by atoms with Crippen LogP contribution in [0, 0.1) is 10.1 Å². The largest absolute Gasteiger partial charge is 0.477 e. The summed E-state index contributed by atoms with van der Waals surface area (Å²) in [6.45, 7) is 0. The molecular weight excluding hydrogens is 278 g/mol. The summed E-state index contributed by atoms with van der Waals surface area (Å²) in [5.74, 6) is -0.989. The van der Waals surface area contributed by atoms with Crippen LogP contribution in [0.25, 0.3) is 0 Å². The second-order valence-electron chi connectivity index (χ2n) is 3.03. The highest BCUT2D eigenvalue weighted by molar-refractivity contribution is 7.99. The van der Waals surface area contributed by atoms with Crippen molar-refractivity contribution in [2.24, 2.45) is 0 Å². The quantitative estimate of drug-likeness (QED) is 0.521. The Morgan fingerprint density at radius 2 is 2.11 bits per heavy atom. The van der Waals surface area contributed by atoms with Crippen molar-refractivity contribution in [1.82, 2.24) is 9.97 Å². The summed E-state index contributed by atoms with van der Waals surface area (Å²) in [6.07, 6.45) is 2.22. The first kappa shape index (κ1) is 12.5. The van der Waals surface area contributed by atoms with E-state index in [1.807, 2.05) is 0 Å². The summed E-state index contributed by atoms with van der Waals surface area (Å²) in [6, 6.07) is 1.50.